The van der Waals surface area contributed by atoms with Crippen molar-refractivity contribution in [1.82, 2.24) is 10.2 Å². The first kappa shape index (κ1) is 17.8. The fraction of sp³-hybridized carbons (Fsp3) is 0.300. The summed E-state index contributed by atoms with van der Waals surface area (Å²) < 4.78 is 11.0. The Morgan fingerprint density at radius 2 is 1.58 bits per heavy atom. The first-order chi connectivity index (χ1) is 12.5. The Kier molecular flexibility index (Phi) is 5.11. The van der Waals surface area contributed by atoms with Gasteiger partial charge in [0.2, 0.25) is 0 Å². The number of benzene rings is 2. The van der Waals surface area contributed by atoms with E-state index < -0.39 is 11.6 Å². The summed E-state index contributed by atoms with van der Waals surface area (Å²) in [6.45, 7) is 4.65. The van der Waals surface area contributed by atoms with Crippen LogP contribution in [0.3, 0.4) is 0 Å². The highest BCUT2D eigenvalue weighted by molar-refractivity contribution is 6.07. The number of urea groups is 1. The maximum Gasteiger partial charge on any atom is 0.325 e. The van der Waals surface area contributed by atoms with Gasteiger partial charge in [-0.25, -0.2) is 4.79 Å². The van der Waals surface area contributed by atoms with Gasteiger partial charge >= 0.3 is 6.03 Å². The summed E-state index contributed by atoms with van der Waals surface area (Å²) in [5.74, 6) is 1.16. The Morgan fingerprint density at radius 1 is 0.962 bits per heavy atom. The summed E-state index contributed by atoms with van der Waals surface area (Å²) in [7, 11) is 0. The quantitative estimate of drug-likeness (QED) is 0.777. The second kappa shape index (κ2) is 7.47. The molecule has 0 bridgehead atoms. The summed E-state index contributed by atoms with van der Waals surface area (Å²) in [6.07, 6.45) is 0. The van der Waals surface area contributed by atoms with Gasteiger partial charge in [-0.1, -0.05) is 30.3 Å². The number of ether oxygens (including phenoxy) is 2. The van der Waals surface area contributed by atoms with Crippen LogP contribution in [0.2, 0.25) is 0 Å². The van der Waals surface area contributed by atoms with Gasteiger partial charge in [0.15, 0.2) is 0 Å². The van der Waals surface area contributed by atoms with Crippen molar-refractivity contribution in [3.63, 3.8) is 0 Å². The van der Waals surface area contributed by atoms with E-state index in [-0.39, 0.29) is 19.1 Å². The van der Waals surface area contributed by atoms with Gasteiger partial charge in [-0.2, -0.15) is 0 Å². The molecule has 1 unspecified atom stereocenters. The normalized spacial score (nSPS) is 19.4. The van der Waals surface area contributed by atoms with Crippen molar-refractivity contribution in [1.29, 1.82) is 0 Å². The number of nitrogens with zero attached hydrogens (tertiary/aromatic N) is 1. The standard InChI is InChI=1S/C20H22N2O4/c1-3-25-16-9-11-17(12-10-16)26-14-13-22-18(23)20(2,21-19(22)24)15-7-5-4-6-8-15/h4-12H,3,13-14H2,1-2H3,(H,21,24). The molecule has 136 valence electrons. The zero-order valence-corrected chi connectivity index (χ0v) is 14.9. The third kappa shape index (κ3) is 3.49. The van der Waals surface area contributed by atoms with Crippen LogP contribution in [0.5, 0.6) is 11.5 Å². The van der Waals surface area contributed by atoms with Crippen LogP contribution in [0.1, 0.15) is 19.4 Å². The molecular formula is C20H22N2O4. The van der Waals surface area contributed by atoms with Crippen molar-refractivity contribution in [3.8, 4) is 11.5 Å². The van der Waals surface area contributed by atoms with Crippen molar-refractivity contribution in [2.45, 2.75) is 19.4 Å². The van der Waals surface area contributed by atoms with Crippen molar-refractivity contribution >= 4 is 11.9 Å². The van der Waals surface area contributed by atoms with E-state index in [9.17, 15) is 9.59 Å². The van der Waals surface area contributed by atoms with Crippen molar-refractivity contribution in [2.24, 2.45) is 0 Å². The molecule has 26 heavy (non-hydrogen) atoms. The molecular weight excluding hydrogens is 332 g/mol. The first-order valence-corrected chi connectivity index (χ1v) is 8.60. The molecule has 2 aromatic rings. The highest BCUT2D eigenvalue weighted by Crippen LogP contribution is 2.28. The van der Waals surface area contributed by atoms with E-state index in [1.54, 1.807) is 19.1 Å². The number of amides is 3. The molecule has 0 saturated carbocycles. The Balaban J connectivity index is 1.60. The van der Waals surface area contributed by atoms with Gasteiger partial charge in [-0.15, -0.1) is 0 Å². The van der Waals surface area contributed by atoms with Gasteiger partial charge in [0.25, 0.3) is 5.91 Å². The van der Waals surface area contributed by atoms with Crippen LogP contribution in [-0.4, -0.2) is 36.6 Å². The predicted octanol–water partition coefficient (Wildman–Crippen LogP) is 2.93. The lowest BCUT2D eigenvalue weighted by molar-refractivity contribution is -0.131. The molecule has 6 nitrogen and oxygen atoms in total. The minimum atomic E-state index is -1.04. The number of hydrogen-bond donors (Lipinski definition) is 1. The van der Waals surface area contributed by atoms with Crippen LogP contribution >= 0.6 is 0 Å². The topological polar surface area (TPSA) is 67.9 Å². The summed E-state index contributed by atoms with van der Waals surface area (Å²) in [6, 6.07) is 16.0. The Morgan fingerprint density at radius 3 is 2.19 bits per heavy atom. The summed E-state index contributed by atoms with van der Waals surface area (Å²) in [5, 5.41) is 2.78. The molecule has 1 aliphatic heterocycles. The van der Waals surface area contributed by atoms with Crippen molar-refractivity contribution in [3.05, 3.63) is 60.2 Å². The molecule has 1 fully saturated rings. The SMILES string of the molecule is CCOc1ccc(OCCN2C(=O)NC(C)(c3ccccc3)C2=O)cc1. The van der Waals surface area contributed by atoms with Crippen LogP contribution in [-0.2, 0) is 10.3 Å². The van der Waals surface area contributed by atoms with E-state index in [4.69, 9.17) is 9.47 Å². The van der Waals surface area contributed by atoms with E-state index in [0.717, 1.165) is 11.3 Å². The fourth-order valence-electron chi connectivity index (χ4n) is 2.92. The molecule has 3 amide bonds. The third-order valence-corrected chi connectivity index (χ3v) is 4.34. The maximum absolute atomic E-state index is 12.8. The van der Waals surface area contributed by atoms with Crippen LogP contribution in [0.15, 0.2) is 54.6 Å². The molecule has 1 heterocycles. The minimum absolute atomic E-state index is 0.181. The molecule has 2 aromatic carbocycles. The Bertz CT molecular complexity index is 776. The lowest BCUT2D eigenvalue weighted by Gasteiger charge is -2.22. The maximum atomic E-state index is 12.8. The van der Waals surface area contributed by atoms with Crippen LogP contribution in [0, 0.1) is 0 Å². The molecule has 6 heteroatoms. The zero-order chi connectivity index (χ0) is 18.6. The number of hydrogen-bond acceptors (Lipinski definition) is 4. The lowest BCUT2D eigenvalue weighted by Crippen LogP contribution is -2.41. The van der Waals surface area contributed by atoms with E-state index in [2.05, 4.69) is 5.32 Å². The zero-order valence-electron chi connectivity index (χ0n) is 14.9. The molecule has 0 spiro atoms. The summed E-state index contributed by atoms with van der Waals surface area (Å²) >= 11 is 0. The number of carbonyl (C=O) groups is 2. The molecule has 0 aliphatic carbocycles. The van der Waals surface area contributed by atoms with Gasteiger partial charge in [-0.3, -0.25) is 9.69 Å². The van der Waals surface area contributed by atoms with Gasteiger partial charge in [0.05, 0.1) is 13.2 Å². The van der Waals surface area contributed by atoms with Gasteiger partial charge in [0.1, 0.15) is 23.6 Å². The van der Waals surface area contributed by atoms with Crippen LogP contribution in [0.4, 0.5) is 4.79 Å². The largest absolute Gasteiger partial charge is 0.494 e. The van der Waals surface area contributed by atoms with E-state index in [1.165, 1.54) is 4.90 Å². The number of carbonyl (C=O) groups excluding carboxylic acids is 2. The van der Waals surface area contributed by atoms with E-state index in [1.807, 2.05) is 49.4 Å². The second-order valence-electron chi connectivity index (χ2n) is 6.13. The average molecular weight is 354 g/mol. The Hall–Kier alpha value is -3.02. The molecule has 1 N–H and O–H groups in total. The second-order valence-corrected chi connectivity index (χ2v) is 6.13. The Labute approximate surface area is 152 Å². The summed E-state index contributed by atoms with van der Waals surface area (Å²) in [4.78, 5) is 26.2. The molecule has 0 aromatic heterocycles. The van der Waals surface area contributed by atoms with E-state index in [0.29, 0.717) is 12.4 Å². The lowest BCUT2D eigenvalue weighted by atomic mass is 9.92. The molecule has 0 radical (unpaired) electrons. The summed E-state index contributed by atoms with van der Waals surface area (Å²) in [5.41, 5.74) is -0.286. The van der Waals surface area contributed by atoms with E-state index >= 15 is 0 Å². The fourth-order valence-corrected chi connectivity index (χ4v) is 2.92. The minimum Gasteiger partial charge on any atom is -0.494 e. The van der Waals surface area contributed by atoms with Gasteiger partial charge < -0.3 is 14.8 Å². The highest BCUT2D eigenvalue weighted by Gasteiger charge is 2.48. The predicted molar refractivity (Wildman–Crippen MR) is 97.1 cm³/mol. The number of imide groups is 1. The molecule has 1 atom stereocenters. The molecule has 1 saturated heterocycles. The average Bonchev–Trinajstić information content (AvgIpc) is 2.88. The first-order valence-electron chi connectivity index (χ1n) is 8.60. The van der Waals surface area contributed by atoms with Crippen molar-refractivity contribution < 1.29 is 19.1 Å². The number of nitrogens with one attached hydrogen (secondary N) is 1. The van der Waals surface area contributed by atoms with Gasteiger partial charge in [0, 0.05) is 0 Å². The highest BCUT2D eigenvalue weighted by atomic mass is 16.5. The van der Waals surface area contributed by atoms with Crippen LogP contribution in [0.25, 0.3) is 0 Å². The smallest absolute Gasteiger partial charge is 0.325 e. The molecule has 3 rings (SSSR count). The molecule has 1 aliphatic rings. The van der Waals surface area contributed by atoms with Crippen LogP contribution < -0.4 is 14.8 Å². The van der Waals surface area contributed by atoms with Gasteiger partial charge in [-0.05, 0) is 43.7 Å². The van der Waals surface area contributed by atoms with Crippen molar-refractivity contribution in [2.75, 3.05) is 19.8 Å². The third-order valence-electron chi connectivity index (χ3n) is 4.34. The monoisotopic (exact) mass is 354 g/mol. The number of rotatable bonds is 7.